The van der Waals surface area contributed by atoms with E-state index in [4.69, 9.17) is 9.47 Å². The third-order valence-corrected chi connectivity index (χ3v) is 4.74. The lowest BCUT2D eigenvalue weighted by molar-refractivity contribution is -0.0833. The fraction of sp³-hybridized carbons (Fsp3) is 0.941. The topological polar surface area (TPSA) is 54.9 Å². The summed E-state index contributed by atoms with van der Waals surface area (Å²) in [5.41, 5.74) is 0. The second-order valence-electron chi connectivity index (χ2n) is 6.79. The van der Waals surface area contributed by atoms with Crippen LogP contribution in [0.3, 0.4) is 0 Å². The predicted octanol–water partition coefficient (Wildman–Crippen LogP) is 2.79. The van der Waals surface area contributed by atoms with Crippen LogP contribution in [0.4, 0.5) is 0 Å². The molecule has 1 aliphatic heterocycles. The molecule has 0 aromatic rings. The first-order chi connectivity index (χ1) is 10.7. The van der Waals surface area contributed by atoms with Gasteiger partial charge >= 0.3 is 0 Å². The van der Waals surface area contributed by atoms with Crippen LogP contribution in [-0.2, 0) is 9.47 Å². The first-order valence-electron chi connectivity index (χ1n) is 8.93. The number of aliphatic imine (C=N–C) groups is 1. The minimum absolute atomic E-state index is 0. The zero-order valence-electron chi connectivity index (χ0n) is 14.8. The van der Waals surface area contributed by atoms with Crippen LogP contribution in [-0.4, -0.2) is 51.0 Å². The van der Waals surface area contributed by atoms with Gasteiger partial charge in [0.1, 0.15) is 6.10 Å². The van der Waals surface area contributed by atoms with Crippen LogP contribution >= 0.6 is 24.0 Å². The number of hydrogen-bond donors (Lipinski definition) is 2. The van der Waals surface area contributed by atoms with Crippen molar-refractivity contribution < 1.29 is 9.47 Å². The van der Waals surface area contributed by atoms with Crippen molar-refractivity contribution in [3.8, 4) is 0 Å². The second kappa shape index (κ2) is 11.5. The van der Waals surface area contributed by atoms with Crippen molar-refractivity contribution in [3.63, 3.8) is 0 Å². The standard InChI is InChI=1S/C17H33N3O2.HI/c1-4-18-17(19-11-16-12-21-9-10-22-16)20-15-7-5-14(6-8-15)13(2)3;/h13-16H,4-12H2,1-3H3,(H2,18,19,20);1H. The van der Waals surface area contributed by atoms with Gasteiger partial charge in [-0.15, -0.1) is 24.0 Å². The van der Waals surface area contributed by atoms with E-state index < -0.39 is 0 Å². The highest BCUT2D eigenvalue weighted by atomic mass is 127. The van der Waals surface area contributed by atoms with Crippen molar-refractivity contribution in [3.05, 3.63) is 0 Å². The van der Waals surface area contributed by atoms with Crippen LogP contribution in [0.5, 0.6) is 0 Å². The van der Waals surface area contributed by atoms with E-state index in [0.717, 1.165) is 24.3 Å². The Balaban J connectivity index is 0.00000264. The van der Waals surface area contributed by atoms with Gasteiger partial charge in [0.15, 0.2) is 5.96 Å². The molecule has 5 nitrogen and oxygen atoms in total. The summed E-state index contributed by atoms with van der Waals surface area (Å²) in [5, 5.41) is 6.94. The molecule has 1 saturated heterocycles. The van der Waals surface area contributed by atoms with E-state index in [1.54, 1.807) is 0 Å². The van der Waals surface area contributed by atoms with Crippen molar-refractivity contribution in [2.75, 3.05) is 32.9 Å². The molecule has 1 atom stereocenters. The molecule has 0 radical (unpaired) electrons. The lowest BCUT2D eigenvalue weighted by Gasteiger charge is -2.32. The summed E-state index contributed by atoms with van der Waals surface area (Å²) in [7, 11) is 0. The molecule has 136 valence electrons. The van der Waals surface area contributed by atoms with Gasteiger partial charge in [0.25, 0.3) is 0 Å². The lowest BCUT2D eigenvalue weighted by atomic mass is 9.80. The van der Waals surface area contributed by atoms with Gasteiger partial charge in [-0.1, -0.05) is 13.8 Å². The van der Waals surface area contributed by atoms with Crippen molar-refractivity contribution in [2.45, 2.75) is 58.6 Å². The van der Waals surface area contributed by atoms with Crippen molar-refractivity contribution in [1.82, 2.24) is 10.6 Å². The average molecular weight is 439 g/mol. The monoisotopic (exact) mass is 439 g/mol. The van der Waals surface area contributed by atoms with Gasteiger partial charge in [0, 0.05) is 12.6 Å². The third-order valence-electron chi connectivity index (χ3n) is 4.74. The molecule has 0 aromatic heterocycles. The van der Waals surface area contributed by atoms with E-state index in [2.05, 4.69) is 36.4 Å². The van der Waals surface area contributed by atoms with Crippen LogP contribution in [0.15, 0.2) is 4.99 Å². The highest BCUT2D eigenvalue weighted by Gasteiger charge is 2.23. The zero-order chi connectivity index (χ0) is 15.8. The van der Waals surface area contributed by atoms with Crippen molar-refractivity contribution >= 4 is 29.9 Å². The van der Waals surface area contributed by atoms with Crippen molar-refractivity contribution in [2.24, 2.45) is 16.8 Å². The Labute approximate surface area is 158 Å². The summed E-state index contributed by atoms with van der Waals surface area (Å²) in [6.07, 6.45) is 5.25. The molecular weight excluding hydrogens is 405 g/mol. The van der Waals surface area contributed by atoms with Gasteiger partial charge in [0.2, 0.25) is 0 Å². The Morgan fingerprint density at radius 3 is 2.48 bits per heavy atom. The number of nitrogens with zero attached hydrogens (tertiary/aromatic N) is 1. The number of nitrogens with one attached hydrogen (secondary N) is 2. The molecule has 0 spiro atoms. The Hall–Kier alpha value is -0.0800. The second-order valence-corrected chi connectivity index (χ2v) is 6.79. The fourth-order valence-electron chi connectivity index (χ4n) is 3.28. The molecule has 6 heteroatoms. The number of hydrogen-bond acceptors (Lipinski definition) is 3. The van der Waals surface area contributed by atoms with Crippen LogP contribution in [0.25, 0.3) is 0 Å². The summed E-state index contributed by atoms with van der Waals surface area (Å²) in [6, 6.07) is 0.552. The fourth-order valence-corrected chi connectivity index (χ4v) is 3.28. The molecule has 1 unspecified atom stereocenters. The Morgan fingerprint density at radius 2 is 1.91 bits per heavy atom. The number of ether oxygens (including phenoxy) is 2. The molecule has 0 amide bonds. The van der Waals surface area contributed by atoms with Crippen LogP contribution in [0.2, 0.25) is 0 Å². The lowest BCUT2D eigenvalue weighted by Crippen LogP contribution is -2.45. The van der Waals surface area contributed by atoms with Gasteiger partial charge in [-0.3, -0.25) is 4.99 Å². The number of halogens is 1. The first-order valence-corrected chi connectivity index (χ1v) is 8.93. The van der Waals surface area contributed by atoms with E-state index in [0.29, 0.717) is 32.4 Å². The molecule has 1 heterocycles. The van der Waals surface area contributed by atoms with Crippen LogP contribution in [0, 0.1) is 11.8 Å². The summed E-state index contributed by atoms with van der Waals surface area (Å²) in [5.74, 6) is 2.63. The van der Waals surface area contributed by atoms with E-state index in [9.17, 15) is 0 Å². The molecule has 1 saturated carbocycles. The van der Waals surface area contributed by atoms with Crippen LogP contribution in [0.1, 0.15) is 46.5 Å². The Kier molecular flexibility index (Phi) is 10.5. The van der Waals surface area contributed by atoms with Crippen molar-refractivity contribution in [1.29, 1.82) is 0 Å². The number of rotatable bonds is 5. The smallest absolute Gasteiger partial charge is 0.191 e. The maximum atomic E-state index is 5.65. The molecule has 23 heavy (non-hydrogen) atoms. The molecular formula is C17H34IN3O2. The SMILES string of the molecule is CCNC(=NCC1COCCO1)NC1CCC(C(C)C)CC1.I. The minimum Gasteiger partial charge on any atom is -0.376 e. The molecule has 2 aliphatic rings. The molecule has 1 aliphatic carbocycles. The molecule has 2 N–H and O–H groups in total. The highest BCUT2D eigenvalue weighted by molar-refractivity contribution is 14.0. The largest absolute Gasteiger partial charge is 0.376 e. The van der Waals surface area contributed by atoms with Gasteiger partial charge in [-0.2, -0.15) is 0 Å². The Morgan fingerprint density at radius 1 is 1.17 bits per heavy atom. The highest BCUT2D eigenvalue weighted by Crippen LogP contribution is 2.29. The van der Waals surface area contributed by atoms with E-state index in [-0.39, 0.29) is 30.1 Å². The summed E-state index contributed by atoms with van der Waals surface area (Å²) in [6.45, 7) is 10.4. The first kappa shape index (κ1) is 21.0. The molecule has 0 bridgehead atoms. The van der Waals surface area contributed by atoms with Crippen LogP contribution < -0.4 is 10.6 Å². The normalized spacial score (nSPS) is 29.0. The number of guanidine groups is 1. The quantitative estimate of drug-likeness (QED) is 0.393. The summed E-state index contributed by atoms with van der Waals surface area (Å²) >= 11 is 0. The van der Waals surface area contributed by atoms with E-state index >= 15 is 0 Å². The van der Waals surface area contributed by atoms with Gasteiger partial charge < -0.3 is 20.1 Å². The maximum absolute atomic E-state index is 5.65. The van der Waals surface area contributed by atoms with Gasteiger partial charge in [-0.05, 0) is 44.4 Å². The van der Waals surface area contributed by atoms with Gasteiger partial charge in [-0.25, -0.2) is 0 Å². The summed E-state index contributed by atoms with van der Waals surface area (Å²) in [4.78, 5) is 4.67. The van der Waals surface area contributed by atoms with Gasteiger partial charge in [0.05, 0.1) is 26.4 Å². The maximum Gasteiger partial charge on any atom is 0.191 e. The zero-order valence-corrected chi connectivity index (χ0v) is 17.2. The summed E-state index contributed by atoms with van der Waals surface area (Å²) < 4.78 is 11.1. The van der Waals surface area contributed by atoms with E-state index in [1.807, 2.05) is 0 Å². The predicted molar refractivity (Wildman–Crippen MR) is 106 cm³/mol. The molecule has 0 aromatic carbocycles. The third kappa shape index (κ3) is 7.56. The minimum atomic E-state index is 0. The average Bonchev–Trinajstić information content (AvgIpc) is 2.54. The Bertz CT molecular complexity index is 339. The molecule has 2 rings (SSSR count). The van der Waals surface area contributed by atoms with E-state index in [1.165, 1.54) is 25.7 Å². The molecule has 2 fully saturated rings.